The van der Waals surface area contributed by atoms with Gasteiger partial charge in [-0.05, 0) is 44.0 Å². The van der Waals surface area contributed by atoms with Crippen LogP contribution in [0.4, 0.5) is 4.39 Å². The number of halogens is 1. The third-order valence-corrected chi connectivity index (χ3v) is 5.78. The fraction of sp³-hybridized carbons (Fsp3) is 0.357. The van der Waals surface area contributed by atoms with E-state index in [1.54, 1.807) is 13.8 Å². The number of aromatic nitrogens is 1. The second-order valence-electron chi connectivity index (χ2n) is 4.90. The Morgan fingerprint density at radius 3 is 2.38 bits per heavy atom. The van der Waals surface area contributed by atoms with Crippen LogP contribution in [0.5, 0.6) is 0 Å². The number of benzene rings is 1. The zero-order valence-electron chi connectivity index (χ0n) is 12.1. The van der Waals surface area contributed by atoms with Crippen molar-refractivity contribution in [1.82, 2.24) is 9.71 Å². The maximum atomic E-state index is 13.3. The van der Waals surface area contributed by atoms with Gasteiger partial charge in [0.1, 0.15) is 5.82 Å². The van der Waals surface area contributed by atoms with E-state index in [-0.39, 0.29) is 11.4 Å². The first-order chi connectivity index (χ1) is 9.79. The van der Waals surface area contributed by atoms with Crippen LogP contribution in [0.15, 0.2) is 22.4 Å². The third kappa shape index (κ3) is 3.87. The van der Waals surface area contributed by atoms with Gasteiger partial charge >= 0.3 is 0 Å². The van der Waals surface area contributed by atoms with Crippen molar-refractivity contribution in [2.24, 2.45) is 0 Å². The highest BCUT2D eigenvalue weighted by atomic mass is 32.2. The highest BCUT2D eigenvalue weighted by molar-refractivity contribution is 7.89. The minimum absolute atomic E-state index is 0.152. The van der Waals surface area contributed by atoms with Crippen molar-refractivity contribution in [1.29, 1.82) is 0 Å². The third-order valence-electron chi connectivity index (χ3n) is 2.99. The summed E-state index contributed by atoms with van der Waals surface area (Å²) in [5.74, 6) is -0.429. The van der Waals surface area contributed by atoms with Gasteiger partial charge in [-0.3, -0.25) is 0 Å². The van der Waals surface area contributed by atoms with Crippen molar-refractivity contribution in [3.05, 3.63) is 45.2 Å². The van der Waals surface area contributed by atoms with E-state index >= 15 is 0 Å². The molecule has 0 unspecified atom stereocenters. The summed E-state index contributed by atoms with van der Waals surface area (Å²) >= 11 is 1.51. The summed E-state index contributed by atoms with van der Waals surface area (Å²) in [5.41, 5.74) is 1.75. The van der Waals surface area contributed by atoms with Crippen molar-refractivity contribution in [3.63, 3.8) is 0 Å². The Labute approximate surface area is 128 Å². The summed E-state index contributed by atoms with van der Waals surface area (Å²) in [6, 6.07) is 2.46. The van der Waals surface area contributed by atoms with E-state index in [2.05, 4.69) is 9.71 Å². The molecule has 0 aliphatic rings. The van der Waals surface area contributed by atoms with Crippen LogP contribution < -0.4 is 4.72 Å². The number of rotatable bonds is 5. The van der Waals surface area contributed by atoms with E-state index in [4.69, 9.17) is 0 Å². The first-order valence-electron chi connectivity index (χ1n) is 6.47. The smallest absolute Gasteiger partial charge is 0.241 e. The molecule has 21 heavy (non-hydrogen) atoms. The van der Waals surface area contributed by atoms with Crippen molar-refractivity contribution in [2.75, 3.05) is 6.54 Å². The van der Waals surface area contributed by atoms with Crippen LogP contribution in [0, 0.1) is 26.6 Å². The molecule has 114 valence electrons. The van der Waals surface area contributed by atoms with E-state index in [0.717, 1.165) is 10.7 Å². The van der Waals surface area contributed by atoms with Crippen molar-refractivity contribution in [3.8, 4) is 0 Å². The zero-order valence-corrected chi connectivity index (χ0v) is 13.7. The lowest BCUT2D eigenvalue weighted by Crippen LogP contribution is -2.27. The molecule has 0 amide bonds. The van der Waals surface area contributed by atoms with Crippen molar-refractivity contribution in [2.45, 2.75) is 32.1 Å². The minimum Gasteiger partial charge on any atom is -0.247 e. The van der Waals surface area contributed by atoms with E-state index in [9.17, 15) is 12.8 Å². The van der Waals surface area contributed by atoms with Gasteiger partial charge in [0.25, 0.3) is 0 Å². The molecule has 1 heterocycles. The van der Waals surface area contributed by atoms with E-state index in [0.29, 0.717) is 17.5 Å². The van der Waals surface area contributed by atoms with Crippen LogP contribution in [-0.4, -0.2) is 19.9 Å². The predicted octanol–water partition coefficient (Wildman–Crippen LogP) is 2.73. The number of nitrogens with zero attached hydrogens (tertiary/aromatic N) is 1. The van der Waals surface area contributed by atoms with Gasteiger partial charge in [0.2, 0.25) is 10.0 Å². The lowest BCUT2D eigenvalue weighted by Gasteiger charge is -2.12. The Morgan fingerprint density at radius 2 is 1.86 bits per heavy atom. The predicted molar refractivity (Wildman–Crippen MR) is 81.6 cm³/mol. The van der Waals surface area contributed by atoms with Gasteiger partial charge in [0.15, 0.2) is 0 Å². The molecule has 0 atom stereocenters. The van der Waals surface area contributed by atoms with Crippen LogP contribution >= 0.6 is 11.3 Å². The van der Waals surface area contributed by atoms with Gasteiger partial charge in [-0.25, -0.2) is 22.5 Å². The van der Waals surface area contributed by atoms with Gasteiger partial charge in [-0.1, -0.05) is 0 Å². The number of thiazole rings is 1. The molecule has 7 heteroatoms. The molecule has 4 nitrogen and oxygen atoms in total. The fourth-order valence-corrected chi connectivity index (χ4v) is 4.46. The lowest BCUT2D eigenvalue weighted by atomic mass is 10.1. The highest BCUT2D eigenvalue weighted by Gasteiger charge is 2.20. The molecular formula is C14H17FN2O2S2. The standard InChI is InChI=1S/C14H17FN2O2S2/c1-9-6-12(15)7-10(2)14(9)21(18,19)16-5-4-13-17-11(3)8-20-13/h6-8,16H,4-5H2,1-3H3. The van der Waals surface area contributed by atoms with Gasteiger partial charge in [-0.2, -0.15) is 0 Å². The molecular weight excluding hydrogens is 311 g/mol. The molecule has 1 aromatic heterocycles. The first kappa shape index (κ1) is 16.1. The maximum Gasteiger partial charge on any atom is 0.241 e. The second-order valence-corrected chi connectivity index (χ2v) is 7.55. The molecule has 0 fully saturated rings. The van der Waals surface area contributed by atoms with Crippen molar-refractivity contribution >= 4 is 21.4 Å². The van der Waals surface area contributed by atoms with E-state index in [1.165, 1.54) is 23.5 Å². The second kappa shape index (κ2) is 6.21. The number of nitrogens with one attached hydrogen (secondary N) is 1. The fourth-order valence-electron chi connectivity index (χ4n) is 2.20. The van der Waals surface area contributed by atoms with Gasteiger partial charge in [-0.15, -0.1) is 11.3 Å². The summed E-state index contributed by atoms with van der Waals surface area (Å²) in [7, 11) is -3.64. The Bertz CT molecular complexity index is 731. The molecule has 0 radical (unpaired) electrons. The normalized spacial score (nSPS) is 11.8. The molecule has 0 saturated heterocycles. The summed E-state index contributed by atoms with van der Waals surface area (Å²) < 4.78 is 40.5. The monoisotopic (exact) mass is 328 g/mol. The largest absolute Gasteiger partial charge is 0.247 e. The minimum atomic E-state index is -3.64. The van der Waals surface area contributed by atoms with Gasteiger partial charge in [0.05, 0.1) is 9.90 Å². The topological polar surface area (TPSA) is 59.1 Å². The zero-order chi connectivity index (χ0) is 15.6. The van der Waals surface area contributed by atoms with Gasteiger partial charge < -0.3 is 0 Å². The Morgan fingerprint density at radius 1 is 1.24 bits per heavy atom. The molecule has 0 saturated carbocycles. The number of sulfonamides is 1. The summed E-state index contributed by atoms with van der Waals surface area (Å²) in [6.45, 7) is 5.35. The average Bonchev–Trinajstić information content (AvgIpc) is 2.72. The number of hydrogen-bond donors (Lipinski definition) is 1. The van der Waals surface area contributed by atoms with Crippen LogP contribution in [0.1, 0.15) is 21.8 Å². The van der Waals surface area contributed by atoms with E-state index < -0.39 is 15.8 Å². The van der Waals surface area contributed by atoms with Crippen LogP contribution in [-0.2, 0) is 16.4 Å². The summed E-state index contributed by atoms with van der Waals surface area (Å²) in [4.78, 5) is 4.44. The number of hydrogen-bond acceptors (Lipinski definition) is 4. The highest BCUT2D eigenvalue weighted by Crippen LogP contribution is 2.21. The number of aryl methyl sites for hydroxylation is 3. The molecule has 1 aromatic carbocycles. The van der Waals surface area contributed by atoms with Crippen LogP contribution in [0.25, 0.3) is 0 Å². The van der Waals surface area contributed by atoms with Gasteiger partial charge in [0, 0.05) is 24.0 Å². The summed E-state index contributed by atoms with van der Waals surface area (Å²) in [6.07, 6.45) is 0.539. The molecule has 0 bridgehead atoms. The molecule has 0 aliphatic carbocycles. The van der Waals surface area contributed by atoms with Crippen LogP contribution in [0.2, 0.25) is 0 Å². The lowest BCUT2D eigenvalue weighted by molar-refractivity contribution is 0.578. The molecule has 2 rings (SSSR count). The first-order valence-corrected chi connectivity index (χ1v) is 8.83. The Hall–Kier alpha value is -1.31. The quantitative estimate of drug-likeness (QED) is 0.918. The summed E-state index contributed by atoms with van der Waals surface area (Å²) in [5, 5.41) is 2.82. The molecule has 0 spiro atoms. The Balaban J connectivity index is 2.12. The molecule has 0 aliphatic heterocycles. The van der Waals surface area contributed by atoms with Crippen molar-refractivity contribution < 1.29 is 12.8 Å². The van der Waals surface area contributed by atoms with Crippen LogP contribution in [0.3, 0.4) is 0 Å². The molecule has 2 aromatic rings. The van der Waals surface area contributed by atoms with E-state index in [1.807, 2.05) is 12.3 Å². The molecule has 1 N–H and O–H groups in total. The SMILES string of the molecule is Cc1csc(CCNS(=O)(=O)c2c(C)cc(F)cc2C)n1. The average molecular weight is 328 g/mol. The Kier molecular flexibility index (Phi) is 4.75. The maximum absolute atomic E-state index is 13.3.